The van der Waals surface area contributed by atoms with E-state index in [0.717, 1.165) is 48.9 Å². The molecule has 1 aliphatic heterocycles. The van der Waals surface area contributed by atoms with Crippen LogP contribution in [0.15, 0.2) is 55.1 Å². The summed E-state index contributed by atoms with van der Waals surface area (Å²) in [5.74, 6) is 2.25. The molecule has 44 heavy (non-hydrogen) atoms. The molecule has 2 fully saturated rings. The molecule has 2 aliphatic rings. The molecule has 2 aromatic carbocycles. The molecule has 1 N–H and O–H groups in total. The minimum Gasteiger partial charge on any atom is -0.495 e. The van der Waals surface area contributed by atoms with Crippen molar-refractivity contribution in [3.8, 4) is 28.7 Å². The van der Waals surface area contributed by atoms with Crippen LogP contribution in [0.25, 0.3) is 11.1 Å². The van der Waals surface area contributed by atoms with Crippen LogP contribution in [0, 0.1) is 11.3 Å². The van der Waals surface area contributed by atoms with Crippen LogP contribution < -0.4 is 14.8 Å². The number of nitriles is 1. The van der Waals surface area contributed by atoms with Gasteiger partial charge in [0.15, 0.2) is 0 Å². The second kappa shape index (κ2) is 13.8. The first-order valence-electron chi connectivity index (χ1n) is 15.1. The van der Waals surface area contributed by atoms with Gasteiger partial charge in [-0.25, -0.2) is 14.6 Å². The lowest BCUT2D eigenvalue weighted by molar-refractivity contribution is 0.00729. The van der Waals surface area contributed by atoms with Crippen molar-refractivity contribution in [1.29, 1.82) is 5.26 Å². The van der Waals surface area contributed by atoms with Gasteiger partial charge in [0.2, 0.25) is 5.95 Å². The van der Waals surface area contributed by atoms with Gasteiger partial charge in [-0.05, 0) is 84.3 Å². The highest BCUT2D eigenvalue weighted by Gasteiger charge is 2.28. The monoisotopic (exact) mass is 595 g/mol. The fourth-order valence-corrected chi connectivity index (χ4v) is 6.12. The standard InChI is InChI=1S/C32H37N9O3/c1-22(20-41-21-36-38-39-41)44-30-15-25(3-4-26(30)17-33)27-18-34-32(35-19-27)37-29-10-7-24(16-31(29)42-2)23-5-8-28(9-6-23)40-11-13-43-14-12-40/h3-4,7,10,15-16,18-19,21-23,28H,5-6,8-9,11-14,20H2,1-2H3,(H,34,35,37)/t22-,23?,28?/m0/s1. The summed E-state index contributed by atoms with van der Waals surface area (Å²) in [5.41, 5.74) is 4.21. The summed E-state index contributed by atoms with van der Waals surface area (Å²) >= 11 is 0. The molecule has 12 heteroatoms. The van der Waals surface area contributed by atoms with E-state index in [1.165, 1.54) is 37.6 Å². The molecule has 6 rings (SSSR count). The SMILES string of the molecule is COc1cc(C2CCC(N3CCOCC3)CC2)ccc1Nc1ncc(-c2ccc(C#N)c(O[C@@H](C)Cn3cnnn3)c2)cn1. The van der Waals surface area contributed by atoms with Crippen LogP contribution >= 0.6 is 0 Å². The van der Waals surface area contributed by atoms with Crippen LogP contribution in [0.2, 0.25) is 0 Å². The van der Waals surface area contributed by atoms with Crippen LogP contribution in [-0.4, -0.2) is 80.6 Å². The summed E-state index contributed by atoms with van der Waals surface area (Å²) < 4.78 is 19.0. The van der Waals surface area contributed by atoms with Gasteiger partial charge in [0, 0.05) is 37.1 Å². The first kappa shape index (κ1) is 29.5. The molecular weight excluding hydrogens is 558 g/mol. The molecule has 228 valence electrons. The Kier molecular flexibility index (Phi) is 9.24. The fraction of sp³-hybridized carbons (Fsp3) is 0.438. The molecule has 1 aliphatic carbocycles. The first-order valence-corrected chi connectivity index (χ1v) is 15.1. The Morgan fingerprint density at radius 3 is 2.52 bits per heavy atom. The largest absolute Gasteiger partial charge is 0.495 e. The van der Waals surface area contributed by atoms with Crippen molar-refractivity contribution in [3.63, 3.8) is 0 Å². The molecule has 0 amide bonds. The molecule has 4 aromatic rings. The Labute approximate surface area is 257 Å². The number of methoxy groups -OCH3 is 1. The number of aromatic nitrogens is 6. The van der Waals surface area contributed by atoms with Crippen molar-refractivity contribution in [3.05, 3.63) is 66.2 Å². The third kappa shape index (κ3) is 6.96. The van der Waals surface area contributed by atoms with Crippen molar-refractivity contribution in [2.75, 3.05) is 38.7 Å². The molecule has 12 nitrogen and oxygen atoms in total. The first-order chi connectivity index (χ1) is 21.6. The van der Waals surface area contributed by atoms with Crippen LogP contribution in [-0.2, 0) is 11.3 Å². The maximum Gasteiger partial charge on any atom is 0.227 e. The van der Waals surface area contributed by atoms with E-state index in [9.17, 15) is 5.26 Å². The average Bonchev–Trinajstić information content (AvgIpc) is 3.58. The molecule has 0 radical (unpaired) electrons. The van der Waals surface area contributed by atoms with Gasteiger partial charge < -0.3 is 19.5 Å². The normalized spacial score (nSPS) is 19.6. The van der Waals surface area contributed by atoms with Crippen molar-refractivity contribution in [2.45, 2.75) is 57.2 Å². The third-order valence-electron chi connectivity index (χ3n) is 8.45. The van der Waals surface area contributed by atoms with Crippen molar-refractivity contribution in [1.82, 2.24) is 35.1 Å². The summed E-state index contributed by atoms with van der Waals surface area (Å²) in [4.78, 5) is 11.7. The number of ether oxygens (including phenoxy) is 3. The minimum absolute atomic E-state index is 0.254. The molecule has 3 heterocycles. The lowest BCUT2D eigenvalue weighted by Crippen LogP contribution is -2.44. The number of morpholine rings is 1. The number of hydrogen-bond donors (Lipinski definition) is 1. The van der Waals surface area contributed by atoms with Crippen molar-refractivity contribution in [2.24, 2.45) is 0 Å². The number of rotatable bonds is 10. The zero-order chi connectivity index (χ0) is 30.3. The van der Waals surface area contributed by atoms with Gasteiger partial charge in [-0.1, -0.05) is 12.1 Å². The fourth-order valence-electron chi connectivity index (χ4n) is 6.12. The van der Waals surface area contributed by atoms with E-state index in [1.807, 2.05) is 19.1 Å². The second-order valence-electron chi connectivity index (χ2n) is 11.3. The van der Waals surface area contributed by atoms with Gasteiger partial charge in [0.25, 0.3) is 0 Å². The Balaban J connectivity index is 1.10. The zero-order valence-electron chi connectivity index (χ0n) is 25.1. The summed E-state index contributed by atoms with van der Waals surface area (Å²) in [7, 11) is 1.69. The lowest BCUT2D eigenvalue weighted by atomic mass is 9.81. The van der Waals surface area contributed by atoms with E-state index in [4.69, 9.17) is 14.2 Å². The van der Waals surface area contributed by atoms with Crippen molar-refractivity contribution < 1.29 is 14.2 Å². The summed E-state index contributed by atoms with van der Waals surface area (Å²) in [6.07, 6.45) is 9.58. The number of hydrogen-bond acceptors (Lipinski definition) is 11. The molecule has 1 atom stereocenters. The summed E-state index contributed by atoms with van der Waals surface area (Å²) in [6.45, 7) is 6.17. The van der Waals surface area contributed by atoms with E-state index >= 15 is 0 Å². The Hall–Kier alpha value is -4.60. The Bertz CT molecular complexity index is 1560. The Morgan fingerprint density at radius 2 is 1.82 bits per heavy atom. The predicted molar refractivity (Wildman–Crippen MR) is 164 cm³/mol. The van der Waals surface area contributed by atoms with Crippen molar-refractivity contribution >= 4 is 11.6 Å². The molecule has 0 bridgehead atoms. The van der Waals surface area contributed by atoms with Crippen LogP contribution in [0.1, 0.15) is 49.7 Å². The predicted octanol–water partition coefficient (Wildman–Crippen LogP) is 4.58. The highest BCUT2D eigenvalue weighted by molar-refractivity contribution is 5.68. The number of tetrazole rings is 1. The highest BCUT2D eigenvalue weighted by atomic mass is 16.5. The molecule has 1 saturated heterocycles. The maximum absolute atomic E-state index is 9.60. The second-order valence-corrected chi connectivity index (χ2v) is 11.3. The van der Waals surface area contributed by atoms with Gasteiger partial charge in [-0.15, -0.1) is 5.10 Å². The smallest absolute Gasteiger partial charge is 0.227 e. The van der Waals surface area contributed by atoms with Gasteiger partial charge in [0.1, 0.15) is 30.0 Å². The summed E-state index contributed by atoms with van der Waals surface area (Å²) in [6, 6.07) is 14.7. The van der Waals surface area contributed by atoms with Gasteiger partial charge in [-0.2, -0.15) is 5.26 Å². The third-order valence-corrected chi connectivity index (χ3v) is 8.45. The molecule has 2 aromatic heterocycles. The van der Waals surface area contributed by atoms with E-state index in [1.54, 1.807) is 30.3 Å². The van der Waals surface area contributed by atoms with Gasteiger partial charge in [0.05, 0.1) is 38.1 Å². The van der Waals surface area contributed by atoms with E-state index in [0.29, 0.717) is 35.8 Å². The van der Waals surface area contributed by atoms with E-state index in [-0.39, 0.29) is 6.10 Å². The number of benzene rings is 2. The lowest BCUT2D eigenvalue weighted by Gasteiger charge is -2.39. The van der Waals surface area contributed by atoms with Gasteiger partial charge >= 0.3 is 0 Å². The van der Waals surface area contributed by atoms with Crippen LogP contribution in [0.5, 0.6) is 11.5 Å². The number of nitrogens with one attached hydrogen (secondary N) is 1. The summed E-state index contributed by atoms with van der Waals surface area (Å²) in [5, 5.41) is 24.1. The number of nitrogens with zero attached hydrogens (tertiary/aromatic N) is 8. The molecular formula is C32H37N9O3. The quantitative estimate of drug-likeness (QED) is 0.276. The van der Waals surface area contributed by atoms with Crippen LogP contribution in [0.3, 0.4) is 0 Å². The number of anilines is 2. The molecule has 0 unspecified atom stereocenters. The maximum atomic E-state index is 9.60. The van der Waals surface area contributed by atoms with Crippen LogP contribution in [0.4, 0.5) is 11.6 Å². The Morgan fingerprint density at radius 1 is 1.02 bits per heavy atom. The van der Waals surface area contributed by atoms with E-state index < -0.39 is 0 Å². The minimum atomic E-state index is -0.254. The van der Waals surface area contributed by atoms with Gasteiger partial charge in [-0.3, -0.25) is 4.90 Å². The molecule has 1 saturated carbocycles. The molecule has 0 spiro atoms. The highest BCUT2D eigenvalue weighted by Crippen LogP contribution is 2.38. The zero-order valence-corrected chi connectivity index (χ0v) is 25.1. The average molecular weight is 596 g/mol. The topological polar surface area (TPSA) is 136 Å². The van der Waals surface area contributed by atoms with E-state index in [2.05, 4.69) is 60.0 Å².